The molecule has 35 heavy (non-hydrogen) atoms. The zero-order valence-corrected chi connectivity index (χ0v) is 20.4. The Bertz CT molecular complexity index is 1370. The molecule has 3 rings (SSSR count). The van der Waals surface area contributed by atoms with Crippen LogP contribution >= 0.6 is 11.6 Å². The average molecular weight is 516 g/mol. The minimum absolute atomic E-state index is 0.00180. The van der Waals surface area contributed by atoms with Crippen molar-refractivity contribution in [1.29, 1.82) is 0 Å². The van der Waals surface area contributed by atoms with Crippen molar-refractivity contribution in [2.24, 2.45) is 5.10 Å². The summed E-state index contributed by atoms with van der Waals surface area (Å²) in [6, 6.07) is 16.6. The Morgan fingerprint density at radius 2 is 1.80 bits per heavy atom. The Hall–Kier alpha value is -3.89. The van der Waals surface area contributed by atoms with Crippen LogP contribution in [-0.4, -0.2) is 45.3 Å². The van der Waals surface area contributed by atoms with Crippen molar-refractivity contribution in [2.75, 3.05) is 18.0 Å². The van der Waals surface area contributed by atoms with E-state index in [0.29, 0.717) is 5.75 Å². The lowest BCUT2D eigenvalue weighted by Crippen LogP contribution is -2.39. The summed E-state index contributed by atoms with van der Waals surface area (Å²) in [4.78, 5) is 24.0. The van der Waals surface area contributed by atoms with Crippen LogP contribution in [0.15, 0.2) is 76.7 Å². The van der Waals surface area contributed by atoms with E-state index in [1.807, 2.05) is 6.92 Å². The Labute approximate surface area is 207 Å². The third kappa shape index (κ3) is 6.17. The third-order valence-corrected chi connectivity index (χ3v) is 6.99. The van der Waals surface area contributed by atoms with Gasteiger partial charge in [-0.15, -0.1) is 0 Å². The van der Waals surface area contributed by atoms with Crippen LogP contribution in [0.3, 0.4) is 0 Å². The van der Waals surface area contributed by atoms with E-state index < -0.39 is 28.4 Å². The standard InChI is InChI=1S/C24H22ClN3O6S/c1-16-7-10-19(11-8-16)35(32,33)28(18-9-12-22(34-2)21(25)13-18)15-23(29)27-26-14-17-5-3-4-6-20(17)24(30)31/h3-14H,15H2,1-2H3,(H,27,29)(H,30,31)/b26-14-. The highest BCUT2D eigenvalue weighted by Gasteiger charge is 2.28. The fourth-order valence-corrected chi connectivity index (χ4v) is 4.77. The number of carbonyl (C=O) groups is 2. The number of sulfonamides is 1. The van der Waals surface area contributed by atoms with E-state index in [-0.39, 0.29) is 26.7 Å². The number of hydrazone groups is 1. The van der Waals surface area contributed by atoms with E-state index in [4.69, 9.17) is 16.3 Å². The van der Waals surface area contributed by atoms with Crippen LogP contribution in [0, 0.1) is 6.92 Å². The van der Waals surface area contributed by atoms with Gasteiger partial charge in [-0.25, -0.2) is 18.6 Å². The van der Waals surface area contributed by atoms with E-state index in [2.05, 4.69) is 10.5 Å². The summed E-state index contributed by atoms with van der Waals surface area (Å²) >= 11 is 6.20. The van der Waals surface area contributed by atoms with Gasteiger partial charge in [0.15, 0.2) is 0 Å². The Balaban J connectivity index is 1.90. The summed E-state index contributed by atoms with van der Waals surface area (Å²) < 4.78 is 32.9. The van der Waals surface area contributed by atoms with Crippen molar-refractivity contribution in [3.8, 4) is 5.75 Å². The van der Waals surface area contributed by atoms with Gasteiger partial charge in [-0.1, -0.05) is 47.5 Å². The van der Waals surface area contributed by atoms with Crippen molar-refractivity contribution in [1.82, 2.24) is 5.43 Å². The molecule has 1 amide bonds. The van der Waals surface area contributed by atoms with Gasteiger partial charge in [0.05, 0.1) is 34.5 Å². The maximum absolute atomic E-state index is 13.4. The van der Waals surface area contributed by atoms with Crippen LogP contribution in [0.4, 0.5) is 5.69 Å². The third-order valence-electron chi connectivity index (χ3n) is 4.90. The molecule has 0 unspecified atom stereocenters. The molecule has 0 aliphatic heterocycles. The number of carbonyl (C=O) groups excluding carboxylic acids is 1. The Kier molecular flexibility index (Phi) is 8.10. The molecule has 0 aliphatic carbocycles. The number of rotatable bonds is 9. The predicted molar refractivity (Wildman–Crippen MR) is 133 cm³/mol. The first kappa shape index (κ1) is 25.7. The zero-order chi connectivity index (χ0) is 25.6. The molecule has 0 saturated carbocycles. The molecule has 3 aromatic rings. The molecule has 0 heterocycles. The molecule has 0 saturated heterocycles. The van der Waals surface area contributed by atoms with Crippen LogP contribution in [0.25, 0.3) is 0 Å². The lowest BCUT2D eigenvalue weighted by atomic mass is 10.1. The fraction of sp³-hybridized carbons (Fsp3) is 0.125. The summed E-state index contributed by atoms with van der Waals surface area (Å²) in [5.41, 5.74) is 3.53. The highest BCUT2D eigenvalue weighted by Crippen LogP contribution is 2.32. The van der Waals surface area contributed by atoms with Crippen LogP contribution in [-0.2, 0) is 14.8 Å². The van der Waals surface area contributed by atoms with Gasteiger partial charge in [0.2, 0.25) is 0 Å². The first-order chi connectivity index (χ1) is 16.6. The van der Waals surface area contributed by atoms with Crippen molar-refractivity contribution in [2.45, 2.75) is 11.8 Å². The summed E-state index contributed by atoms with van der Waals surface area (Å²) in [6.07, 6.45) is 1.17. The number of nitrogens with zero attached hydrogens (tertiary/aromatic N) is 2. The van der Waals surface area contributed by atoms with Gasteiger partial charge in [-0.3, -0.25) is 9.10 Å². The van der Waals surface area contributed by atoms with Crippen LogP contribution in [0.5, 0.6) is 5.75 Å². The molecule has 0 atom stereocenters. The minimum Gasteiger partial charge on any atom is -0.495 e. The summed E-state index contributed by atoms with van der Waals surface area (Å²) in [5, 5.41) is 13.2. The second-order valence-corrected chi connectivity index (χ2v) is 9.60. The minimum atomic E-state index is -4.15. The quantitative estimate of drug-likeness (QED) is 0.330. The molecule has 0 fully saturated rings. The second kappa shape index (κ2) is 11.0. The number of aryl methyl sites for hydroxylation is 1. The van der Waals surface area contributed by atoms with E-state index in [9.17, 15) is 23.1 Å². The number of carboxylic acids is 1. The SMILES string of the molecule is COc1ccc(N(CC(=O)N/N=C\c2ccccc2C(=O)O)S(=O)(=O)c2ccc(C)cc2)cc1Cl. The maximum atomic E-state index is 13.4. The molecule has 0 aromatic heterocycles. The van der Waals surface area contributed by atoms with Gasteiger partial charge in [-0.05, 0) is 43.3 Å². The number of benzene rings is 3. The lowest BCUT2D eigenvalue weighted by molar-refractivity contribution is -0.119. The normalized spacial score (nSPS) is 11.3. The van der Waals surface area contributed by atoms with Gasteiger partial charge < -0.3 is 9.84 Å². The number of hydrogen-bond donors (Lipinski definition) is 2. The number of amides is 1. The molecule has 0 radical (unpaired) electrons. The van der Waals surface area contributed by atoms with Crippen molar-refractivity contribution in [3.05, 3.63) is 88.4 Å². The summed E-state index contributed by atoms with van der Waals surface area (Å²) in [7, 11) is -2.73. The number of ether oxygens (including phenoxy) is 1. The van der Waals surface area contributed by atoms with Gasteiger partial charge in [0.25, 0.3) is 15.9 Å². The van der Waals surface area contributed by atoms with Crippen LogP contribution in [0.1, 0.15) is 21.5 Å². The highest BCUT2D eigenvalue weighted by molar-refractivity contribution is 7.92. The molecule has 0 aliphatic rings. The van der Waals surface area contributed by atoms with Crippen LogP contribution < -0.4 is 14.5 Å². The fourth-order valence-electron chi connectivity index (χ4n) is 3.11. The Morgan fingerprint density at radius 3 is 2.43 bits per heavy atom. The average Bonchev–Trinajstić information content (AvgIpc) is 2.83. The molecule has 3 aromatic carbocycles. The number of methoxy groups -OCH3 is 1. The van der Waals surface area contributed by atoms with Crippen molar-refractivity contribution < 1.29 is 27.9 Å². The topological polar surface area (TPSA) is 125 Å². The van der Waals surface area contributed by atoms with Crippen molar-refractivity contribution >= 4 is 45.4 Å². The smallest absolute Gasteiger partial charge is 0.336 e. The van der Waals surface area contributed by atoms with E-state index in [0.717, 1.165) is 9.87 Å². The first-order valence-electron chi connectivity index (χ1n) is 10.2. The number of anilines is 1. The number of aromatic carboxylic acids is 1. The molecular weight excluding hydrogens is 494 g/mol. The maximum Gasteiger partial charge on any atom is 0.336 e. The number of carboxylic acid groups (broad SMARTS) is 1. The van der Waals surface area contributed by atoms with Gasteiger partial charge in [-0.2, -0.15) is 5.10 Å². The van der Waals surface area contributed by atoms with Gasteiger partial charge >= 0.3 is 5.97 Å². The predicted octanol–water partition coefficient (Wildman–Crippen LogP) is 3.70. The molecule has 0 spiro atoms. The molecule has 0 bridgehead atoms. The second-order valence-electron chi connectivity index (χ2n) is 7.33. The lowest BCUT2D eigenvalue weighted by Gasteiger charge is -2.24. The number of hydrogen-bond acceptors (Lipinski definition) is 6. The first-order valence-corrected chi connectivity index (χ1v) is 12.0. The largest absolute Gasteiger partial charge is 0.495 e. The number of nitrogens with one attached hydrogen (secondary N) is 1. The highest BCUT2D eigenvalue weighted by atomic mass is 35.5. The van der Waals surface area contributed by atoms with E-state index in [1.165, 1.54) is 55.8 Å². The van der Waals surface area contributed by atoms with Crippen LogP contribution in [0.2, 0.25) is 5.02 Å². The summed E-state index contributed by atoms with van der Waals surface area (Å²) in [6.45, 7) is 1.21. The van der Waals surface area contributed by atoms with Crippen molar-refractivity contribution in [3.63, 3.8) is 0 Å². The van der Waals surface area contributed by atoms with Gasteiger partial charge in [0.1, 0.15) is 12.3 Å². The molecule has 9 nitrogen and oxygen atoms in total. The van der Waals surface area contributed by atoms with Gasteiger partial charge in [0, 0.05) is 5.56 Å². The number of halogens is 1. The zero-order valence-electron chi connectivity index (χ0n) is 18.8. The molecule has 11 heteroatoms. The monoisotopic (exact) mass is 515 g/mol. The Morgan fingerprint density at radius 1 is 1.11 bits per heavy atom. The van der Waals surface area contributed by atoms with E-state index in [1.54, 1.807) is 24.3 Å². The molecular formula is C24H22ClN3O6S. The summed E-state index contributed by atoms with van der Waals surface area (Å²) in [5.74, 6) is -1.56. The molecule has 182 valence electrons. The van der Waals surface area contributed by atoms with E-state index >= 15 is 0 Å². The molecule has 2 N–H and O–H groups in total.